The maximum absolute atomic E-state index is 6.28. The molecule has 0 bridgehead atoms. The fourth-order valence-corrected chi connectivity index (χ4v) is 2.78. The average Bonchev–Trinajstić information content (AvgIpc) is 3.17. The van der Waals surface area contributed by atoms with Crippen molar-refractivity contribution >= 4 is 23.2 Å². The number of benzene rings is 2. The number of rotatable bonds is 2. The second-order valence-corrected chi connectivity index (χ2v) is 5.64. The van der Waals surface area contributed by atoms with Crippen LogP contribution >= 0.6 is 23.2 Å². The van der Waals surface area contributed by atoms with Crippen molar-refractivity contribution in [1.82, 2.24) is 9.78 Å². The minimum atomic E-state index is 0.248. The Labute approximate surface area is 136 Å². The van der Waals surface area contributed by atoms with Gasteiger partial charge in [0.15, 0.2) is 11.5 Å². The Morgan fingerprint density at radius 1 is 0.955 bits per heavy atom. The van der Waals surface area contributed by atoms with Gasteiger partial charge in [-0.15, -0.1) is 0 Å². The summed E-state index contributed by atoms with van der Waals surface area (Å²) in [5.41, 5.74) is 2.58. The predicted octanol–water partition coefficient (Wildman–Crippen LogP) is 4.57. The van der Waals surface area contributed by atoms with Crippen LogP contribution in [-0.2, 0) is 0 Å². The van der Waals surface area contributed by atoms with E-state index in [4.69, 9.17) is 32.7 Å². The lowest BCUT2D eigenvalue weighted by molar-refractivity contribution is 0.174. The van der Waals surface area contributed by atoms with E-state index in [1.54, 1.807) is 29.1 Å². The van der Waals surface area contributed by atoms with Crippen molar-refractivity contribution in [3.05, 3.63) is 58.7 Å². The van der Waals surface area contributed by atoms with Crippen LogP contribution in [0.25, 0.3) is 16.9 Å². The number of fused-ring (bicyclic) bond motifs is 1. The fourth-order valence-electron chi connectivity index (χ4n) is 2.42. The maximum Gasteiger partial charge on any atom is 0.231 e. The van der Waals surface area contributed by atoms with Crippen molar-refractivity contribution in [3.63, 3.8) is 0 Å². The van der Waals surface area contributed by atoms with Crippen LogP contribution < -0.4 is 9.47 Å². The second-order valence-electron chi connectivity index (χ2n) is 4.79. The van der Waals surface area contributed by atoms with Gasteiger partial charge >= 0.3 is 0 Å². The highest BCUT2D eigenvalue weighted by Crippen LogP contribution is 2.37. The van der Waals surface area contributed by atoms with Gasteiger partial charge in [-0.25, -0.2) is 4.68 Å². The van der Waals surface area contributed by atoms with E-state index in [0.29, 0.717) is 10.0 Å². The predicted molar refractivity (Wildman–Crippen MR) is 85.1 cm³/mol. The molecular formula is C16H10Cl2N2O2. The number of halogens is 2. The van der Waals surface area contributed by atoms with Crippen LogP contribution in [0.1, 0.15) is 0 Å². The van der Waals surface area contributed by atoms with Gasteiger partial charge < -0.3 is 9.47 Å². The average molecular weight is 333 g/mol. The summed E-state index contributed by atoms with van der Waals surface area (Å²) >= 11 is 12.3. The van der Waals surface area contributed by atoms with E-state index < -0.39 is 0 Å². The van der Waals surface area contributed by atoms with Crippen LogP contribution in [0.5, 0.6) is 11.5 Å². The molecule has 110 valence electrons. The Morgan fingerprint density at radius 2 is 1.82 bits per heavy atom. The van der Waals surface area contributed by atoms with Crippen molar-refractivity contribution in [3.8, 4) is 28.4 Å². The van der Waals surface area contributed by atoms with Crippen LogP contribution in [0.15, 0.2) is 48.7 Å². The van der Waals surface area contributed by atoms with Crippen molar-refractivity contribution in [2.24, 2.45) is 0 Å². The molecule has 0 fully saturated rings. The lowest BCUT2D eigenvalue weighted by atomic mass is 10.1. The van der Waals surface area contributed by atoms with Crippen LogP contribution in [0.2, 0.25) is 10.0 Å². The normalized spacial score (nSPS) is 12.6. The summed E-state index contributed by atoms with van der Waals surface area (Å²) in [5.74, 6) is 1.47. The van der Waals surface area contributed by atoms with E-state index in [-0.39, 0.29) is 6.79 Å². The van der Waals surface area contributed by atoms with Gasteiger partial charge in [0.1, 0.15) is 0 Å². The summed E-state index contributed by atoms with van der Waals surface area (Å²) in [6.07, 6.45) is 1.72. The Bertz CT molecular complexity index is 861. The van der Waals surface area contributed by atoms with Gasteiger partial charge in [0.2, 0.25) is 6.79 Å². The van der Waals surface area contributed by atoms with Gasteiger partial charge in [-0.2, -0.15) is 5.10 Å². The first-order valence-electron chi connectivity index (χ1n) is 6.62. The first kappa shape index (κ1) is 13.5. The van der Waals surface area contributed by atoms with E-state index in [0.717, 1.165) is 28.4 Å². The van der Waals surface area contributed by atoms with E-state index in [2.05, 4.69) is 5.10 Å². The van der Waals surface area contributed by atoms with Crippen LogP contribution in [0, 0.1) is 0 Å². The minimum absolute atomic E-state index is 0.248. The second kappa shape index (κ2) is 5.23. The van der Waals surface area contributed by atoms with Gasteiger partial charge in [-0.05, 0) is 42.5 Å². The van der Waals surface area contributed by atoms with E-state index >= 15 is 0 Å². The molecular weight excluding hydrogens is 323 g/mol. The minimum Gasteiger partial charge on any atom is -0.454 e. The van der Waals surface area contributed by atoms with Crippen LogP contribution in [0.3, 0.4) is 0 Å². The SMILES string of the molecule is Clc1ccc(Cl)c(-n2nccc2-c2ccc3c(c2)OCO3)c1. The quantitative estimate of drug-likeness (QED) is 0.689. The Balaban J connectivity index is 1.85. The molecule has 2 heterocycles. The van der Waals surface area contributed by atoms with Crippen LogP contribution in [0.4, 0.5) is 0 Å². The summed E-state index contributed by atoms with van der Waals surface area (Å²) < 4.78 is 12.5. The smallest absolute Gasteiger partial charge is 0.231 e. The molecule has 1 aromatic heterocycles. The molecule has 0 unspecified atom stereocenters. The number of hydrogen-bond donors (Lipinski definition) is 0. The van der Waals surface area contributed by atoms with Gasteiger partial charge in [-0.3, -0.25) is 0 Å². The zero-order chi connectivity index (χ0) is 15.1. The third-order valence-corrected chi connectivity index (χ3v) is 4.00. The summed E-state index contributed by atoms with van der Waals surface area (Å²) in [6, 6.07) is 13.0. The molecule has 0 saturated carbocycles. The molecule has 0 radical (unpaired) electrons. The van der Waals surface area contributed by atoms with E-state index in [1.807, 2.05) is 24.3 Å². The van der Waals surface area contributed by atoms with Crippen molar-refractivity contribution < 1.29 is 9.47 Å². The molecule has 2 aromatic carbocycles. The molecule has 0 atom stereocenters. The molecule has 4 nitrogen and oxygen atoms in total. The zero-order valence-electron chi connectivity index (χ0n) is 11.3. The number of aromatic nitrogens is 2. The zero-order valence-corrected chi connectivity index (χ0v) is 12.8. The molecule has 0 amide bonds. The van der Waals surface area contributed by atoms with E-state index in [1.165, 1.54) is 0 Å². The molecule has 3 aromatic rings. The molecule has 0 N–H and O–H groups in total. The van der Waals surface area contributed by atoms with E-state index in [9.17, 15) is 0 Å². The molecule has 0 aliphatic carbocycles. The molecule has 4 rings (SSSR count). The van der Waals surface area contributed by atoms with Crippen molar-refractivity contribution in [2.45, 2.75) is 0 Å². The standard InChI is InChI=1S/C16H10Cl2N2O2/c17-11-2-3-12(18)14(8-11)20-13(5-6-19-20)10-1-4-15-16(7-10)22-9-21-15/h1-8H,9H2. The van der Waals surface area contributed by atoms with Gasteiger partial charge in [-0.1, -0.05) is 23.2 Å². The summed E-state index contributed by atoms with van der Waals surface area (Å²) in [6.45, 7) is 0.248. The van der Waals surface area contributed by atoms with Crippen molar-refractivity contribution in [1.29, 1.82) is 0 Å². The monoisotopic (exact) mass is 332 g/mol. The molecule has 6 heteroatoms. The highest BCUT2D eigenvalue weighted by atomic mass is 35.5. The Hall–Kier alpha value is -2.17. The van der Waals surface area contributed by atoms with Crippen LogP contribution in [-0.4, -0.2) is 16.6 Å². The number of nitrogens with zero attached hydrogens (tertiary/aromatic N) is 2. The molecule has 1 aliphatic rings. The summed E-state index contributed by atoms with van der Waals surface area (Å²) in [4.78, 5) is 0. The number of hydrogen-bond acceptors (Lipinski definition) is 3. The first-order chi connectivity index (χ1) is 10.7. The largest absolute Gasteiger partial charge is 0.454 e. The molecule has 1 aliphatic heterocycles. The number of ether oxygens (including phenoxy) is 2. The third kappa shape index (κ3) is 2.21. The van der Waals surface area contributed by atoms with Gasteiger partial charge in [0.25, 0.3) is 0 Å². The highest BCUT2D eigenvalue weighted by molar-refractivity contribution is 6.34. The summed E-state index contributed by atoms with van der Waals surface area (Å²) in [7, 11) is 0. The van der Waals surface area contributed by atoms with Gasteiger partial charge in [0.05, 0.1) is 22.6 Å². The molecule has 22 heavy (non-hydrogen) atoms. The first-order valence-corrected chi connectivity index (χ1v) is 7.37. The lowest BCUT2D eigenvalue weighted by Gasteiger charge is -2.10. The maximum atomic E-state index is 6.28. The fraction of sp³-hybridized carbons (Fsp3) is 0.0625. The summed E-state index contributed by atoms with van der Waals surface area (Å²) in [5, 5.41) is 5.54. The Morgan fingerprint density at radius 3 is 2.73 bits per heavy atom. The lowest BCUT2D eigenvalue weighted by Crippen LogP contribution is -1.99. The third-order valence-electron chi connectivity index (χ3n) is 3.45. The topological polar surface area (TPSA) is 36.3 Å². The highest BCUT2D eigenvalue weighted by Gasteiger charge is 2.16. The Kier molecular flexibility index (Phi) is 3.21. The molecule has 0 saturated heterocycles. The van der Waals surface area contributed by atoms with Gasteiger partial charge in [0, 0.05) is 10.6 Å². The van der Waals surface area contributed by atoms with Crippen molar-refractivity contribution in [2.75, 3.05) is 6.79 Å². The molecule has 0 spiro atoms.